The predicted molar refractivity (Wildman–Crippen MR) is 131 cm³/mol. The van der Waals surface area contributed by atoms with Crippen molar-refractivity contribution in [1.29, 1.82) is 5.26 Å². The Kier molecular flexibility index (Phi) is 5.76. The van der Waals surface area contributed by atoms with Gasteiger partial charge in [0, 0.05) is 56.6 Å². The largest absolute Gasteiger partial charge is 0.352 e. The van der Waals surface area contributed by atoms with Crippen molar-refractivity contribution in [3.63, 3.8) is 0 Å². The van der Waals surface area contributed by atoms with Crippen LogP contribution < -0.4 is 10.6 Å². The van der Waals surface area contributed by atoms with Crippen LogP contribution >= 0.6 is 0 Å². The molecule has 0 aromatic carbocycles. The lowest BCUT2D eigenvalue weighted by Crippen LogP contribution is -2.58. The number of anilines is 1. The zero-order chi connectivity index (χ0) is 24.9. The maximum atomic E-state index is 12.7. The maximum absolute atomic E-state index is 12.7. The Morgan fingerprint density at radius 1 is 1.23 bits per heavy atom. The van der Waals surface area contributed by atoms with Crippen molar-refractivity contribution in [2.45, 2.75) is 58.7 Å². The molecule has 0 radical (unpaired) electrons. The number of aromatic nitrogens is 7. The first kappa shape index (κ1) is 23.0. The van der Waals surface area contributed by atoms with E-state index in [0.717, 1.165) is 30.0 Å². The van der Waals surface area contributed by atoms with Crippen LogP contribution in [0.4, 0.5) is 5.95 Å². The Labute approximate surface area is 203 Å². The van der Waals surface area contributed by atoms with Gasteiger partial charge >= 0.3 is 5.69 Å². The second-order valence-electron chi connectivity index (χ2n) is 9.37. The van der Waals surface area contributed by atoms with Crippen LogP contribution in [0.15, 0.2) is 29.2 Å². The van der Waals surface area contributed by atoms with Crippen molar-refractivity contribution < 1.29 is 0 Å². The molecule has 1 saturated heterocycles. The number of aryl methyl sites for hydroxylation is 2. The van der Waals surface area contributed by atoms with E-state index in [0.29, 0.717) is 23.8 Å². The predicted octanol–water partition coefficient (Wildman–Crippen LogP) is 1.90. The number of rotatable bonds is 5. The van der Waals surface area contributed by atoms with E-state index in [1.165, 1.54) is 4.57 Å². The van der Waals surface area contributed by atoms with E-state index in [1.807, 2.05) is 25.3 Å². The van der Waals surface area contributed by atoms with Crippen molar-refractivity contribution in [3.05, 3.63) is 52.0 Å². The zero-order valence-electron chi connectivity index (χ0n) is 20.8. The van der Waals surface area contributed by atoms with Gasteiger partial charge in [-0.15, -0.1) is 0 Å². The van der Waals surface area contributed by atoms with Crippen LogP contribution in [0.1, 0.15) is 50.3 Å². The van der Waals surface area contributed by atoms with E-state index in [1.54, 1.807) is 22.1 Å². The lowest BCUT2D eigenvalue weighted by Gasteiger charge is -2.47. The Bertz CT molecular complexity index is 1490. The highest BCUT2D eigenvalue weighted by molar-refractivity contribution is 5.48. The van der Waals surface area contributed by atoms with Gasteiger partial charge < -0.3 is 4.90 Å². The van der Waals surface area contributed by atoms with Crippen molar-refractivity contribution in [1.82, 2.24) is 38.7 Å². The van der Waals surface area contributed by atoms with E-state index in [2.05, 4.69) is 51.8 Å². The molecular formula is C24H30N10O. The fourth-order valence-corrected chi connectivity index (χ4v) is 5.06. The summed E-state index contributed by atoms with van der Waals surface area (Å²) in [6.07, 6.45) is 3.09. The van der Waals surface area contributed by atoms with Gasteiger partial charge in [-0.3, -0.25) is 9.47 Å². The molecule has 0 bridgehead atoms. The molecule has 4 aromatic heterocycles. The minimum atomic E-state index is -0.333. The fourth-order valence-electron chi connectivity index (χ4n) is 5.06. The second kappa shape index (κ2) is 8.78. The van der Waals surface area contributed by atoms with Gasteiger partial charge in [0.2, 0.25) is 5.95 Å². The Balaban J connectivity index is 1.48. The van der Waals surface area contributed by atoms with Crippen LogP contribution in [0.25, 0.3) is 11.3 Å². The van der Waals surface area contributed by atoms with Gasteiger partial charge in [-0.2, -0.15) is 25.0 Å². The number of hydrogen-bond acceptors (Lipinski definition) is 8. The Morgan fingerprint density at radius 2 is 2.03 bits per heavy atom. The molecule has 182 valence electrons. The normalized spacial score (nSPS) is 19.9. The summed E-state index contributed by atoms with van der Waals surface area (Å²) in [5.74, 6) is 0.528. The van der Waals surface area contributed by atoms with Crippen molar-refractivity contribution >= 4 is 17.2 Å². The van der Waals surface area contributed by atoms with Crippen LogP contribution in [-0.2, 0) is 13.5 Å². The molecule has 5 rings (SSSR count). The minimum Gasteiger partial charge on any atom is -0.335 e. The van der Waals surface area contributed by atoms with Crippen LogP contribution in [0.3, 0.4) is 0 Å². The molecule has 1 aliphatic heterocycles. The molecular weight excluding hydrogens is 444 g/mol. The summed E-state index contributed by atoms with van der Waals surface area (Å²) in [5, 5.41) is 18.2. The first-order chi connectivity index (χ1) is 16.8. The van der Waals surface area contributed by atoms with Gasteiger partial charge in [0.1, 0.15) is 5.65 Å². The van der Waals surface area contributed by atoms with Crippen LogP contribution in [0.5, 0.6) is 0 Å². The van der Waals surface area contributed by atoms with E-state index < -0.39 is 0 Å². The van der Waals surface area contributed by atoms with E-state index in [4.69, 9.17) is 10.2 Å². The Hall–Kier alpha value is -3.78. The fraction of sp³-hybridized carbons (Fsp3) is 0.500. The molecule has 0 aliphatic carbocycles. The number of nitrogens with zero attached hydrogens (tertiary/aromatic N) is 10. The second-order valence-corrected chi connectivity index (χ2v) is 9.37. The third kappa shape index (κ3) is 3.93. The standard InChI is InChI=1S/C24H30N10O/c1-6-19-14-31(23-27-24(35)30(5)22-12-18(7-9-25)29-34(22)23)16(3)13-32(19)17(4)20-8-10-33-21(26-20)11-15(2)28-33/h8,10-12,16-17,19H,6-7,13-14H2,1-5H3/t16-,17?,19+/m0/s1. The number of piperazine rings is 1. The molecule has 11 heteroatoms. The topological polar surface area (TPSA) is 113 Å². The number of hydrogen-bond donors (Lipinski definition) is 0. The molecule has 1 aliphatic rings. The highest BCUT2D eigenvalue weighted by Crippen LogP contribution is 2.30. The van der Waals surface area contributed by atoms with Crippen molar-refractivity contribution in [3.8, 4) is 6.07 Å². The van der Waals surface area contributed by atoms with Crippen LogP contribution in [0, 0.1) is 18.3 Å². The lowest BCUT2D eigenvalue weighted by molar-refractivity contribution is 0.103. The molecule has 11 nitrogen and oxygen atoms in total. The van der Waals surface area contributed by atoms with Crippen LogP contribution in [0.2, 0.25) is 0 Å². The van der Waals surface area contributed by atoms with Gasteiger partial charge in [-0.25, -0.2) is 14.3 Å². The van der Waals surface area contributed by atoms with E-state index in [9.17, 15) is 4.79 Å². The van der Waals surface area contributed by atoms with E-state index in [-0.39, 0.29) is 30.2 Å². The quantitative estimate of drug-likeness (QED) is 0.431. The molecule has 0 spiro atoms. The highest BCUT2D eigenvalue weighted by atomic mass is 16.1. The molecule has 1 unspecified atom stereocenters. The average molecular weight is 475 g/mol. The molecule has 0 N–H and O–H groups in total. The van der Waals surface area contributed by atoms with Gasteiger partial charge in [0.25, 0.3) is 0 Å². The first-order valence-corrected chi connectivity index (χ1v) is 12.0. The van der Waals surface area contributed by atoms with Gasteiger partial charge in [-0.05, 0) is 33.3 Å². The lowest BCUT2D eigenvalue weighted by atomic mass is 10.0. The van der Waals surface area contributed by atoms with Gasteiger partial charge in [0.15, 0.2) is 5.65 Å². The molecule has 3 atom stereocenters. The first-order valence-electron chi connectivity index (χ1n) is 12.0. The summed E-state index contributed by atoms with van der Waals surface area (Å²) in [5.41, 5.74) is 3.74. The molecule has 0 saturated carbocycles. The summed E-state index contributed by atoms with van der Waals surface area (Å²) in [4.78, 5) is 26.6. The van der Waals surface area contributed by atoms with Gasteiger partial charge in [0.05, 0.1) is 29.6 Å². The molecule has 35 heavy (non-hydrogen) atoms. The van der Waals surface area contributed by atoms with Gasteiger partial charge in [-0.1, -0.05) is 6.92 Å². The molecule has 4 aromatic rings. The van der Waals surface area contributed by atoms with Crippen LogP contribution in [-0.4, -0.2) is 63.8 Å². The monoisotopic (exact) mass is 474 g/mol. The maximum Gasteiger partial charge on any atom is 0.352 e. The molecule has 1 fully saturated rings. The summed E-state index contributed by atoms with van der Waals surface area (Å²) in [6, 6.07) is 8.40. The molecule has 0 amide bonds. The van der Waals surface area contributed by atoms with Crippen molar-refractivity contribution in [2.24, 2.45) is 7.05 Å². The Morgan fingerprint density at radius 3 is 2.77 bits per heavy atom. The smallest absolute Gasteiger partial charge is 0.335 e. The summed E-state index contributed by atoms with van der Waals surface area (Å²) in [7, 11) is 1.68. The zero-order valence-corrected chi connectivity index (χ0v) is 20.8. The average Bonchev–Trinajstić information content (AvgIpc) is 3.43. The summed E-state index contributed by atoms with van der Waals surface area (Å²) >= 11 is 0. The summed E-state index contributed by atoms with van der Waals surface area (Å²) < 4.78 is 4.98. The SMILES string of the molecule is CC[C@@H]1CN(c2nc(=O)n(C)c3cc(CC#N)nn23)[C@@H](C)CN1C(C)c1ccn2nc(C)cc2n1. The molecule has 5 heterocycles. The van der Waals surface area contributed by atoms with E-state index >= 15 is 0 Å². The minimum absolute atomic E-state index is 0.0904. The number of nitriles is 1. The third-order valence-corrected chi connectivity index (χ3v) is 7.02. The number of fused-ring (bicyclic) bond motifs is 2. The summed E-state index contributed by atoms with van der Waals surface area (Å²) in [6.45, 7) is 9.99. The third-order valence-electron chi connectivity index (χ3n) is 7.02. The van der Waals surface area contributed by atoms with Crippen molar-refractivity contribution in [2.75, 3.05) is 18.0 Å². The highest BCUT2D eigenvalue weighted by Gasteiger charge is 2.36.